The van der Waals surface area contributed by atoms with Crippen molar-refractivity contribution in [2.75, 3.05) is 0 Å². The Kier molecular flexibility index (Phi) is 4.66. The van der Waals surface area contributed by atoms with Gasteiger partial charge in [0.1, 0.15) is 5.78 Å². The zero-order valence-corrected chi connectivity index (χ0v) is 13.6. The number of ketones is 1. The normalized spacial score (nSPS) is 26.8. The second-order valence-electron chi connectivity index (χ2n) is 6.85. The second-order valence-corrected chi connectivity index (χ2v) is 6.85. The molecule has 1 aromatic rings. The monoisotopic (exact) mass is 276 g/mol. The van der Waals surface area contributed by atoms with E-state index >= 15 is 0 Å². The first-order valence-electron chi connectivity index (χ1n) is 7.90. The third-order valence-electron chi connectivity index (χ3n) is 4.91. The first kappa shape index (κ1) is 15.3. The first-order chi connectivity index (χ1) is 9.38. The number of nitrogens with zero attached hydrogens (tertiary/aromatic N) is 2. The minimum absolute atomic E-state index is 0.297. The summed E-state index contributed by atoms with van der Waals surface area (Å²) in [5, 5.41) is 4.43. The molecular weight excluding hydrogens is 248 g/mol. The van der Waals surface area contributed by atoms with E-state index < -0.39 is 0 Å². The van der Waals surface area contributed by atoms with Gasteiger partial charge in [0.2, 0.25) is 0 Å². The molecule has 2 atom stereocenters. The fourth-order valence-corrected chi connectivity index (χ4v) is 3.84. The van der Waals surface area contributed by atoms with Crippen molar-refractivity contribution >= 4 is 5.78 Å². The summed E-state index contributed by atoms with van der Waals surface area (Å²) in [5.74, 6) is 2.17. The molecule has 1 aliphatic rings. The maximum atomic E-state index is 12.5. The molecule has 0 amide bonds. The number of carbonyl (C=O) groups excluding carboxylic acids is 1. The van der Waals surface area contributed by atoms with Crippen molar-refractivity contribution in [1.29, 1.82) is 0 Å². The van der Waals surface area contributed by atoms with Crippen LogP contribution < -0.4 is 0 Å². The third kappa shape index (κ3) is 3.31. The highest BCUT2D eigenvalue weighted by molar-refractivity contribution is 5.81. The molecule has 1 aromatic heterocycles. The minimum atomic E-state index is 0.297. The van der Waals surface area contributed by atoms with Crippen LogP contribution in [0.25, 0.3) is 0 Å². The first-order valence-corrected chi connectivity index (χ1v) is 7.90. The van der Waals surface area contributed by atoms with Crippen LogP contribution in [0.2, 0.25) is 0 Å². The summed E-state index contributed by atoms with van der Waals surface area (Å²) in [7, 11) is 1.97. The molecule has 0 bridgehead atoms. The summed E-state index contributed by atoms with van der Waals surface area (Å²) in [4.78, 5) is 12.5. The van der Waals surface area contributed by atoms with Crippen LogP contribution in [0.5, 0.6) is 0 Å². The maximum absolute atomic E-state index is 12.5. The van der Waals surface area contributed by atoms with Gasteiger partial charge in [-0.05, 0) is 56.9 Å². The summed E-state index contributed by atoms with van der Waals surface area (Å²) in [5.41, 5.74) is 3.53. The molecular formula is C17H28N2O. The van der Waals surface area contributed by atoms with E-state index in [-0.39, 0.29) is 0 Å². The van der Waals surface area contributed by atoms with Crippen LogP contribution in [0.1, 0.15) is 56.5 Å². The van der Waals surface area contributed by atoms with Crippen LogP contribution in [0.3, 0.4) is 0 Å². The molecule has 112 valence electrons. The van der Waals surface area contributed by atoms with Gasteiger partial charge in [-0.3, -0.25) is 9.48 Å². The maximum Gasteiger partial charge on any atom is 0.136 e. The van der Waals surface area contributed by atoms with E-state index in [2.05, 4.69) is 25.9 Å². The van der Waals surface area contributed by atoms with Crippen LogP contribution in [0, 0.1) is 31.6 Å². The third-order valence-corrected chi connectivity index (χ3v) is 4.91. The van der Waals surface area contributed by atoms with E-state index in [1.165, 1.54) is 17.7 Å². The largest absolute Gasteiger partial charge is 0.299 e. The lowest BCUT2D eigenvalue weighted by molar-refractivity contribution is -0.124. The van der Waals surface area contributed by atoms with Crippen LogP contribution in [-0.4, -0.2) is 15.6 Å². The van der Waals surface area contributed by atoms with Crippen LogP contribution >= 0.6 is 0 Å². The number of rotatable bonds is 4. The Labute approximate surface area is 122 Å². The van der Waals surface area contributed by atoms with Crippen molar-refractivity contribution in [3.05, 3.63) is 17.0 Å². The predicted octanol–water partition coefficient (Wildman–Crippen LogP) is 3.61. The topological polar surface area (TPSA) is 34.9 Å². The van der Waals surface area contributed by atoms with Gasteiger partial charge in [-0.25, -0.2) is 0 Å². The zero-order valence-electron chi connectivity index (χ0n) is 13.6. The molecule has 1 fully saturated rings. The summed E-state index contributed by atoms with van der Waals surface area (Å²) >= 11 is 0. The van der Waals surface area contributed by atoms with Gasteiger partial charge in [0, 0.05) is 25.1 Å². The molecule has 0 aromatic carbocycles. The summed E-state index contributed by atoms with van der Waals surface area (Å²) in [6, 6.07) is 0. The fourth-order valence-electron chi connectivity index (χ4n) is 3.84. The molecule has 2 unspecified atom stereocenters. The Morgan fingerprint density at radius 3 is 2.30 bits per heavy atom. The molecule has 0 spiro atoms. The quantitative estimate of drug-likeness (QED) is 0.842. The lowest BCUT2D eigenvalue weighted by atomic mass is 9.74. The Morgan fingerprint density at radius 2 is 1.80 bits per heavy atom. The molecule has 2 rings (SSSR count). The lowest BCUT2D eigenvalue weighted by Gasteiger charge is -2.30. The number of carbonyl (C=O) groups is 1. The van der Waals surface area contributed by atoms with Gasteiger partial charge >= 0.3 is 0 Å². The highest BCUT2D eigenvalue weighted by atomic mass is 16.1. The van der Waals surface area contributed by atoms with Crippen LogP contribution in [0.4, 0.5) is 0 Å². The lowest BCUT2D eigenvalue weighted by Crippen LogP contribution is -2.26. The van der Waals surface area contributed by atoms with Gasteiger partial charge in [0.05, 0.1) is 5.69 Å². The average Bonchev–Trinajstić information content (AvgIpc) is 2.60. The van der Waals surface area contributed by atoms with Crippen molar-refractivity contribution in [3.63, 3.8) is 0 Å². The van der Waals surface area contributed by atoms with Crippen molar-refractivity contribution in [2.24, 2.45) is 24.8 Å². The molecule has 3 nitrogen and oxygen atoms in total. The Hall–Kier alpha value is -1.12. The van der Waals surface area contributed by atoms with Crippen LogP contribution in [0.15, 0.2) is 0 Å². The van der Waals surface area contributed by atoms with Gasteiger partial charge in [-0.15, -0.1) is 0 Å². The molecule has 20 heavy (non-hydrogen) atoms. The van der Waals surface area contributed by atoms with Crippen molar-refractivity contribution in [2.45, 2.75) is 59.8 Å². The van der Waals surface area contributed by atoms with E-state index in [1.807, 2.05) is 18.7 Å². The van der Waals surface area contributed by atoms with Crippen molar-refractivity contribution < 1.29 is 4.79 Å². The molecule has 1 saturated carbocycles. The number of hydrogen-bond acceptors (Lipinski definition) is 2. The molecule has 1 heterocycles. The summed E-state index contributed by atoms with van der Waals surface area (Å²) < 4.78 is 1.92. The Morgan fingerprint density at radius 1 is 1.20 bits per heavy atom. The molecule has 1 aliphatic carbocycles. The highest BCUT2D eigenvalue weighted by Crippen LogP contribution is 2.34. The van der Waals surface area contributed by atoms with E-state index in [1.54, 1.807) is 0 Å². The smallest absolute Gasteiger partial charge is 0.136 e. The number of hydrogen-bond donors (Lipinski definition) is 0. The standard InChI is InChI=1S/C17H28N2O/c1-11-8-12(2)10-15(9-11)17(20)7-6-16-13(3)18-19(5)14(16)4/h11-12,15H,6-10H2,1-5H3. The molecule has 0 N–H and O–H groups in total. The van der Waals surface area contributed by atoms with Crippen molar-refractivity contribution in [1.82, 2.24) is 9.78 Å². The molecule has 0 aliphatic heterocycles. The van der Waals surface area contributed by atoms with E-state index in [9.17, 15) is 4.79 Å². The Bertz CT molecular complexity index is 479. The number of Topliss-reactive ketones (excluding diaryl/α,β-unsaturated/α-hetero) is 1. The summed E-state index contributed by atoms with van der Waals surface area (Å²) in [6.07, 6.45) is 4.99. The van der Waals surface area contributed by atoms with Gasteiger partial charge in [0.25, 0.3) is 0 Å². The highest BCUT2D eigenvalue weighted by Gasteiger charge is 2.28. The fraction of sp³-hybridized carbons (Fsp3) is 0.765. The second kappa shape index (κ2) is 6.11. The SMILES string of the molecule is Cc1nn(C)c(C)c1CCC(=O)C1CC(C)CC(C)C1. The number of aromatic nitrogens is 2. The van der Waals surface area contributed by atoms with E-state index in [0.717, 1.165) is 25.0 Å². The van der Waals surface area contributed by atoms with E-state index in [4.69, 9.17) is 0 Å². The van der Waals surface area contributed by atoms with Gasteiger partial charge in [-0.2, -0.15) is 5.10 Å². The summed E-state index contributed by atoms with van der Waals surface area (Å²) in [6.45, 7) is 8.69. The van der Waals surface area contributed by atoms with Gasteiger partial charge in [0.15, 0.2) is 0 Å². The number of aryl methyl sites for hydroxylation is 2. The zero-order chi connectivity index (χ0) is 14.9. The predicted molar refractivity (Wildman–Crippen MR) is 81.7 cm³/mol. The average molecular weight is 276 g/mol. The molecule has 0 saturated heterocycles. The van der Waals surface area contributed by atoms with E-state index in [0.29, 0.717) is 30.0 Å². The molecule has 3 heteroatoms. The molecule has 0 radical (unpaired) electrons. The van der Waals surface area contributed by atoms with Gasteiger partial charge < -0.3 is 0 Å². The van der Waals surface area contributed by atoms with Crippen molar-refractivity contribution in [3.8, 4) is 0 Å². The van der Waals surface area contributed by atoms with Crippen LogP contribution in [-0.2, 0) is 18.3 Å². The van der Waals surface area contributed by atoms with Gasteiger partial charge in [-0.1, -0.05) is 13.8 Å². The Balaban J connectivity index is 1.95. The minimum Gasteiger partial charge on any atom is -0.299 e.